The van der Waals surface area contributed by atoms with Crippen molar-refractivity contribution in [2.45, 2.75) is 0 Å². The van der Waals surface area contributed by atoms with E-state index in [0.717, 1.165) is 55.2 Å². The van der Waals surface area contributed by atoms with Gasteiger partial charge in [-0.05, 0) is 41.5 Å². The lowest BCUT2D eigenvalue weighted by molar-refractivity contribution is 0.625. The first-order valence-corrected chi connectivity index (χ1v) is 13.1. The molecule has 0 spiro atoms. The first kappa shape index (κ1) is 22.4. The van der Waals surface area contributed by atoms with Crippen molar-refractivity contribution in [3.05, 3.63) is 127 Å². The Morgan fingerprint density at radius 1 is 0.375 bits per heavy atom. The minimum absolute atomic E-state index is 0.480. The molecule has 0 saturated carbocycles. The van der Waals surface area contributed by atoms with Gasteiger partial charge >= 0.3 is 0 Å². The highest BCUT2D eigenvalue weighted by molar-refractivity contribution is 6.05. The Bertz CT molecular complexity index is 2130. The lowest BCUT2D eigenvalue weighted by Gasteiger charge is -2.08. The Kier molecular flexibility index (Phi) is 5.07. The largest absolute Gasteiger partial charge is 0.456 e. The molecule has 0 bridgehead atoms. The van der Waals surface area contributed by atoms with Crippen LogP contribution in [0.5, 0.6) is 0 Å². The summed E-state index contributed by atoms with van der Waals surface area (Å²) in [6.45, 7) is 0. The van der Waals surface area contributed by atoms with Crippen molar-refractivity contribution >= 4 is 32.9 Å². The van der Waals surface area contributed by atoms with Gasteiger partial charge in [0.1, 0.15) is 16.7 Å². The number of nitrogens with zero attached hydrogens (tertiary/aromatic N) is 3. The highest BCUT2D eigenvalue weighted by atomic mass is 16.3. The molecule has 0 amide bonds. The van der Waals surface area contributed by atoms with Gasteiger partial charge in [0, 0.05) is 27.3 Å². The highest BCUT2D eigenvalue weighted by Crippen LogP contribution is 2.33. The summed E-state index contributed by atoms with van der Waals surface area (Å²) in [6, 6.07) is 42.6. The maximum absolute atomic E-state index is 6.15. The summed E-state index contributed by atoms with van der Waals surface area (Å²) < 4.78 is 12.3. The van der Waals surface area contributed by atoms with E-state index in [-0.39, 0.29) is 0 Å². The topological polar surface area (TPSA) is 65.0 Å². The maximum Gasteiger partial charge on any atom is 0.199 e. The molecule has 5 nitrogen and oxygen atoms in total. The van der Waals surface area contributed by atoms with Gasteiger partial charge in [-0.3, -0.25) is 0 Å². The van der Waals surface area contributed by atoms with E-state index in [2.05, 4.69) is 36.4 Å². The second-order valence-electron chi connectivity index (χ2n) is 9.71. The van der Waals surface area contributed by atoms with Gasteiger partial charge in [0.2, 0.25) is 0 Å². The maximum atomic E-state index is 6.15. The van der Waals surface area contributed by atoms with Gasteiger partial charge in [-0.1, -0.05) is 97.1 Å². The zero-order chi connectivity index (χ0) is 26.5. The zero-order valence-corrected chi connectivity index (χ0v) is 21.3. The van der Waals surface area contributed by atoms with Crippen molar-refractivity contribution in [2.75, 3.05) is 0 Å². The van der Waals surface area contributed by atoms with Crippen LogP contribution in [0, 0.1) is 0 Å². The smallest absolute Gasteiger partial charge is 0.199 e. The van der Waals surface area contributed by atoms with Crippen LogP contribution in [0.15, 0.2) is 136 Å². The molecule has 5 heteroatoms. The number of fused-ring (bicyclic) bond motifs is 4. The van der Waals surface area contributed by atoms with Crippen molar-refractivity contribution < 1.29 is 8.83 Å². The second kappa shape index (κ2) is 9.03. The number of rotatable bonds is 4. The van der Waals surface area contributed by atoms with Crippen molar-refractivity contribution in [3.63, 3.8) is 0 Å². The van der Waals surface area contributed by atoms with Gasteiger partial charge in [-0.15, -0.1) is 0 Å². The molecule has 0 saturated heterocycles. The third kappa shape index (κ3) is 3.84. The molecule has 5 aromatic carbocycles. The van der Waals surface area contributed by atoms with Crippen LogP contribution in [0.4, 0.5) is 0 Å². The van der Waals surface area contributed by atoms with Crippen molar-refractivity contribution in [1.29, 1.82) is 0 Å². The average Bonchev–Trinajstić information content (AvgIpc) is 3.63. The van der Waals surface area contributed by atoms with E-state index in [1.165, 1.54) is 0 Å². The van der Waals surface area contributed by atoms with Crippen LogP contribution in [-0.4, -0.2) is 15.0 Å². The lowest BCUT2D eigenvalue weighted by Crippen LogP contribution is -1.99. The van der Waals surface area contributed by atoms with Gasteiger partial charge in [-0.25, -0.2) is 15.0 Å². The summed E-state index contributed by atoms with van der Waals surface area (Å²) in [5.41, 5.74) is 6.46. The van der Waals surface area contributed by atoms with Crippen LogP contribution < -0.4 is 0 Å². The Morgan fingerprint density at radius 3 is 1.80 bits per heavy atom. The quantitative estimate of drug-likeness (QED) is 0.234. The standard InChI is InChI=1S/C35H21N3O2/c1-2-8-22(9-3-1)23-14-16-24(17-15-23)33-36-34(38-35(37-33)32-20-25-10-4-6-12-29(25)39-32)26-18-19-28-27-11-5-7-13-30(27)40-31(28)21-26/h1-21H. The fraction of sp³-hybridized carbons (Fsp3) is 0. The molecule has 3 aromatic heterocycles. The fourth-order valence-electron chi connectivity index (χ4n) is 5.14. The highest BCUT2D eigenvalue weighted by Gasteiger charge is 2.17. The summed E-state index contributed by atoms with van der Waals surface area (Å²) in [5.74, 6) is 2.20. The number of hydrogen-bond donors (Lipinski definition) is 0. The molecule has 40 heavy (non-hydrogen) atoms. The third-order valence-electron chi connectivity index (χ3n) is 7.17. The molecule has 8 rings (SSSR count). The van der Waals surface area contributed by atoms with Crippen LogP contribution in [0.1, 0.15) is 0 Å². The summed E-state index contributed by atoms with van der Waals surface area (Å²) in [7, 11) is 0. The van der Waals surface area contributed by atoms with Crippen molar-refractivity contribution in [1.82, 2.24) is 15.0 Å². The van der Waals surface area contributed by atoms with Crippen LogP contribution in [0.25, 0.3) is 78.4 Å². The SMILES string of the molecule is c1ccc(-c2ccc(-c3nc(-c4ccc5c(c4)oc4ccccc45)nc(-c4cc5ccccc5o4)n3)cc2)cc1. The van der Waals surface area contributed by atoms with Crippen LogP contribution in [-0.2, 0) is 0 Å². The molecule has 0 unspecified atom stereocenters. The number of benzene rings is 5. The van der Waals surface area contributed by atoms with Crippen molar-refractivity contribution in [2.24, 2.45) is 0 Å². The fourth-order valence-corrected chi connectivity index (χ4v) is 5.14. The molecule has 0 aliphatic rings. The van der Waals surface area contributed by atoms with Gasteiger partial charge < -0.3 is 8.83 Å². The Balaban J connectivity index is 1.28. The van der Waals surface area contributed by atoms with Crippen LogP contribution in [0.2, 0.25) is 0 Å². The minimum atomic E-state index is 0.480. The predicted octanol–water partition coefficient (Wildman–Crippen LogP) is 9.19. The monoisotopic (exact) mass is 515 g/mol. The summed E-state index contributed by atoms with van der Waals surface area (Å²) in [4.78, 5) is 14.6. The van der Waals surface area contributed by atoms with Crippen LogP contribution in [0.3, 0.4) is 0 Å². The van der Waals surface area contributed by atoms with Gasteiger partial charge in [0.15, 0.2) is 23.2 Å². The number of para-hydroxylation sites is 2. The van der Waals surface area contributed by atoms with Gasteiger partial charge in [-0.2, -0.15) is 0 Å². The van der Waals surface area contributed by atoms with E-state index in [1.54, 1.807) is 0 Å². The average molecular weight is 516 g/mol. The minimum Gasteiger partial charge on any atom is -0.456 e. The molecule has 0 atom stereocenters. The van der Waals surface area contributed by atoms with E-state index in [1.807, 2.05) is 91.0 Å². The first-order chi connectivity index (χ1) is 19.8. The number of aromatic nitrogens is 3. The van der Waals surface area contributed by atoms with E-state index < -0.39 is 0 Å². The first-order valence-electron chi connectivity index (χ1n) is 13.1. The molecular formula is C35H21N3O2. The van der Waals surface area contributed by atoms with Crippen molar-refractivity contribution in [3.8, 4) is 45.5 Å². The second-order valence-corrected chi connectivity index (χ2v) is 9.71. The van der Waals surface area contributed by atoms with Crippen LogP contribution >= 0.6 is 0 Å². The summed E-state index contributed by atoms with van der Waals surface area (Å²) in [5, 5.41) is 3.14. The Morgan fingerprint density at radius 2 is 0.975 bits per heavy atom. The predicted molar refractivity (Wildman–Crippen MR) is 159 cm³/mol. The van der Waals surface area contributed by atoms with Gasteiger partial charge in [0.25, 0.3) is 0 Å². The molecule has 0 radical (unpaired) electrons. The van der Waals surface area contributed by atoms with E-state index in [0.29, 0.717) is 23.2 Å². The van der Waals surface area contributed by atoms with E-state index >= 15 is 0 Å². The third-order valence-corrected chi connectivity index (χ3v) is 7.17. The molecule has 0 fully saturated rings. The Labute approximate surface area is 229 Å². The van der Waals surface area contributed by atoms with E-state index in [4.69, 9.17) is 23.8 Å². The summed E-state index contributed by atoms with van der Waals surface area (Å²) in [6.07, 6.45) is 0. The molecule has 0 aliphatic heterocycles. The summed E-state index contributed by atoms with van der Waals surface area (Å²) >= 11 is 0. The lowest BCUT2D eigenvalue weighted by atomic mass is 10.0. The normalized spacial score (nSPS) is 11.5. The van der Waals surface area contributed by atoms with Gasteiger partial charge in [0.05, 0.1) is 0 Å². The molecule has 0 N–H and O–H groups in total. The molecule has 8 aromatic rings. The van der Waals surface area contributed by atoms with E-state index in [9.17, 15) is 0 Å². The molecule has 0 aliphatic carbocycles. The number of furan rings is 2. The molecule has 188 valence electrons. The number of hydrogen-bond acceptors (Lipinski definition) is 5. The Hall–Kier alpha value is -5.55. The molecule has 3 heterocycles. The molecular weight excluding hydrogens is 494 g/mol. The zero-order valence-electron chi connectivity index (χ0n) is 21.3.